The fourth-order valence-corrected chi connectivity index (χ4v) is 4.65. The minimum atomic E-state index is -0.314. The van der Waals surface area contributed by atoms with E-state index in [1.165, 1.54) is 0 Å². The number of carbonyl (C=O) groups excluding carboxylic acids is 2. The molecule has 8 nitrogen and oxygen atoms in total. The molecule has 1 atom stereocenters. The van der Waals surface area contributed by atoms with Crippen molar-refractivity contribution >= 4 is 29.2 Å². The third-order valence-corrected chi connectivity index (χ3v) is 6.64. The summed E-state index contributed by atoms with van der Waals surface area (Å²) in [6.45, 7) is 0.958. The van der Waals surface area contributed by atoms with Crippen LogP contribution in [0.15, 0.2) is 73.2 Å². The molecule has 0 bridgehead atoms. The maximum atomic E-state index is 13.2. The van der Waals surface area contributed by atoms with Crippen LogP contribution in [-0.4, -0.2) is 50.6 Å². The molecule has 3 heterocycles. The number of amides is 2. The van der Waals surface area contributed by atoms with E-state index < -0.39 is 0 Å². The second-order valence-corrected chi connectivity index (χ2v) is 9.24. The highest BCUT2D eigenvalue weighted by Gasteiger charge is 2.29. The molecular formula is C27H25ClN6O2. The van der Waals surface area contributed by atoms with Gasteiger partial charge in [-0.05, 0) is 36.2 Å². The van der Waals surface area contributed by atoms with E-state index in [1.807, 2.05) is 55.7 Å². The van der Waals surface area contributed by atoms with Gasteiger partial charge in [0.1, 0.15) is 5.82 Å². The summed E-state index contributed by atoms with van der Waals surface area (Å²) >= 11 is 6.34. The second kappa shape index (κ2) is 9.83. The Morgan fingerprint density at radius 2 is 1.89 bits per heavy atom. The number of carbonyl (C=O) groups is 2. The van der Waals surface area contributed by atoms with Crippen LogP contribution in [0.25, 0.3) is 22.3 Å². The predicted molar refractivity (Wildman–Crippen MR) is 140 cm³/mol. The first-order chi connectivity index (χ1) is 17.4. The van der Waals surface area contributed by atoms with Crippen LogP contribution in [0.3, 0.4) is 0 Å². The summed E-state index contributed by atoms with van der Waals surface area (Å²) in [7, 11) is 1.82. The maximum Gasteiger partial charge on any atom is 0.255 e. The second-order valence-electron chi connectivity index (χ2n) is 8.83. The number of aryl methyl sites for hydroxylation is 1. The van der Waals surface area contributed by atoms with Gasteiger partial charge in [-0.3, -0.25) is 14.3 Å². The number of hydrogen-bond acceptors (Lipinski definition) is 5. The molecule has 4 aromatic rings. The molecule has 182 valence electrons. The smallest absolute Gasteiger partial charge is 0.255 e. The van der Waals surface area contributed by atoms with E-state index in [1.54, 1.807) is 34.1 Å². The van der Waals surface area contributed by atoms with Crippen molar-refractivity contribution in [2.75, 3.05) is 18.8 Å². The average Bonchev–Trinajstić information content (AvgIpc) is 3.53. The van der Waals surface area contributed by atoms with Crippen molar-refractivity contribution < 1.29 is 9.59 Å². The first-order valence-electron chi connectivity index (χ1n) is 11.6. The Bertz CT molecular complexity index is 1450. The average molecular weight is 501 g/mol. The number of nitrogens with zero attached hydrogens (tertiary/aromatic N) is 4. The summed E-state index contributed by atoms with van der Waals surface area (Å²) in [6.07, 6.45) is 5.82. The third-order valence-electron chi connectivity index (χ3n) is 6.31. The fourth-order valence-electron chi connectivity index (χ4n) is 4.41. The van der Waals surface area contributed by atoms with Crippen LogP contribution in [0.5, 0.6) is 0 Å². The molecule has 2 aromatic carbocycles. The molecule has 2 amide bonds. The molecule has 0 unspecified atom stereocenters. The van der Waals surface area contributed by atoms with E-state index >= 15 is 0 Å². The van der Waals surface area contributed by atoms with Crippen LogP contribution in [0.2, 0.25) is 5.02 Å². The van der Waals surface area contributed by atoms with Crippen LogP contribution in [-0.2, 0) is 7.05 Å². The molecular weight excluding hydrogens is 476 g/mol. The van der Waals surface area contributed by atoms with E-state index in [4.69, 9.17) is 17.3 Å². The maximum absolute atomic E-state index is 13.2. The van der Waals surface area contributed by atoms with Crippen molar-refractivity contribution in [1.29, 1.82) is 0 Å². The van der Waals surface area contributed by atoms with E-state index in [9.17, 15) is 9.59 Å². The molecule has 0 spiro atoms. The normalized spacial score (nSPS) is 15.2. The minimum absolute atomic E-state index is 0.0830. The Labute approximate surface area is 213 Å². The number of hydrogen-bond donors (Lipinski definition) is 2. The first-order valence-corrected chi connectivity index (χ1v) is 12.0. The topological polar surface area (TPSA) is 106 Å². The standard InChI is InChI=1S/C27H25ClN6O2/c1-33-15-20(14-31-33)19-12-23(25(29)30-13-19)26(35)32-21-9-10-34(16-21)27(36)18-6-4-5-17(11-18)22-7-2-3-8-24(22)28/h2-8,11-15,21H,9-10,16H2,1H3,(H2,29,30)(H,32,35)/t21-/m1/s1. The van der Waals surface area contributed by atoms with Gasteiger partial charge in [-0.25, -0.2) is 4.98 Å². The van der Waals surface area contributed by atoms with Gasteiger partial charge in [0.2, 0.25) is 0 Å². The lowest BCUT2D eigenvalue weighted by Gasteiger charge is -2.18. The van der Waals surface area contributed by atoms with Crippen molar-refractivity contribution in [1.82, 2.24) is 25.0 Å². The molecule has 0 saturated carbocycles. The van der Waals surface area contributed by atoms with Gasteiger partial charge in [-0.2, -0.15) is 5.10 Å². The number of likely N-dealkylation sites (tertiary alicyclic amines) is 1. The summed E-state index contributed by atoms with van der Waals surface area (Å²) in [5.41, 5.74) is 10.2. The molecule has 36 heavy (non-hydrogen) atoms. The molecule has 9 heteroatoms. The van der Waals surface area contributed by atoms with Gasteiger partial charge < -0.3 is 16.0 Å². The van der Waals surface area contributed by atoms with Gasteiger partial charge in [0, 0.05) is 65.8 Å². The largest absolute Gasteiger partial charge is 0.383 e. The van der Waals surface area contributed by atoms with Crippen LogP contribution in [0.4, 0.5) is 5.82 Å². The zero-order chi connectivity index (χ0) is 25.2. The van der Waals surface area contributed by atoms with Crippen molar-refractivity contribution in [3.63, 3.8) is 0 Å². The highest BCUT2D eigenvalue weighted by Crippen LogP contribution is 2.29. The number of rotatable bonds is 5. The fraction of sp³-hybridized carbons (Fsp3) is 0.185. The number of halogens is 1. The van der Waals surface area contributed by atoms with Crippen LogP contribution in [0, 0.1) is 0 Å². The van der Waals surface area contributed by atoms with Crippen LogP contribution < -0.4 is 11.1 Å². The predicted octanol–water partition coefficient (Wildman–Crippen LogP) is 4.03. The third kappa shape index (κ3) is 4.81. The Morgan fingerprint density at radius 1 is 1.06 bits per heavy atom. The molecule has 2 aromatic heterocycles. The Balaban J connectivity index is 1.27. The van der Waals surface area contributed by atoms with Gasteiger partial charge in [-0.15, -0.1) is 0 Å². The van der Waals surface area contributed by atoms with Crippen LogP contribution in [0.1, 0.15) is 27.1 Å². The lowest BCUT2D eigenvalue weighted by molar-refractivity contribution is 0.0783. The molecule has 1 saturated heterocycles. The van der Waals surface area contributed by atoms with Crippen molar-refractivity contribution in [3.8, 4) is 22.3 Å². The molecule has 1 aliphatic heterocycles. The van der Waals surface area contributed by atoms with E-state index in [0.29, 0.717) is 35.7 Å². The van der Waals surface area contributed by atoms with Crippen molar-refractivity contribution in [2.24, 2.45) is 7.05 Å². The molecule has 5 rings (SSSR count). The summed E-state index contributed by atoms with van der Waals surface area (Å²) in [5, 5.41) is 7.80. The first kappa shape index (κ1) is 23.6. The zero-order valence-corrected chi connectivity index (χ0v) is 20.4. The molecule has 3 N–H and O–H groups in total. The summed E-state index contributed by atoms with van der Waals surface area (Å²) in [6, 6.07) is 16.5. The number of pyridine rings is 1. The summed E-state index contributed by atoms with van der Waals surface area (Å²) in [4.78, 5) is 32.2. The summed E-state index contributed by atoms with van der Waals surface area (Å²) in [5.74, 6) is -0.242. The molecule has 0 radical (unpaired) electrons. The zero-order valence-electron chi connectivity index (χ0n) is 19.7. The quantitative estimate of drug-likeness (QED) is 0.430. The summed E-state index contributed by atoms with van der Waals surface area (Å²) < 4.78 is 1.68. The Kier molecular flexibility index (Phi) is 6.43. The molecule has 1 aliphatic rings. The van der Waals surface area contributed by atoms with E-state index in [0.717, 1.165) is 22.3 Å². The van der Waals surface area contributed by atoms with Crippen molar-refractivity contribution in [2.45, 2.75) is 12.5 Å². The SMILES string of the molecule is Cn1cc(-c2cnc(N)c(C(=O)N[C@@H]3CCN(C(=O)c4cccc(-c5ccccc5Cl)c4)C3)c2)cn1. The van der Waals surface area contributed by atoms with E-state index in [2.05, 4.69) is 15.4 Å². The highest BCUT2D eigenvalue weighted by atomic mass is 35.5. The number of benzene rings is 2. The molecule has 0 aliphatic carbocycles. The van der Waals surface area contributed by atoms with Gasteiger partial charge in [0.15, 0.2) is 0 Å². The number of nitrogen functional groups attached to an aromatic ring is 1. The van der Waals surface area contributed by atoms with Gasteiger partial charge in [0.25, 0.3) is 11.8 Å². The lowest BCUT2D eigenvalue weighted by atomic mass is 10.0. The minimum Gasteiger partial charge on any atom is -0.383 e. The van der Waals surface area contributed by atoms with Gasteiger partial charge in [-0.1, -0.05) is 41.9 Å². The van der Waals surface area contributed by atoms with Gasteiger partial charge >= 0.3 is 0 Å². The Morgan fingerprint density at radius 3 is 2.67 bits per heavy atom. The number of anilines is 1. The molecule has 1 fully saturated rings. The number of nitrogens with one attached hydrogen (secondary N) is 1. The van der Waals surface area contributed by atoms with Crippen LogP contribution >= 0.6 is 11.6 Å². The Hall–Kier alpha value is -4.17. The van der Waals surface area contributed by atoms with E-state index in [-0.39, 0.29) is 23.7 Å². The highest BCUT2D eigenvalue weighted by molar-refractivity contribution is 6.33. The lowest BCUT2D eigenvalue weighted by Crippen LogP contribution is -2.38. The van der Waals surface area contributed by atoms with Gasteiger partial charge in [0.05, 0.1) is 11.8 Å². The van der Waals surface area contributed by atoms with Crippen molar-refractivity contribution in [3.05, 3.63) is 89.3 Å². The number of nitrogens with two attached hydrogens (primary N) is 1. The number of aromatic nitrogens is 3. The monoisotopic (exact) mass is 500 g/mol.